The van der Waals surface area contributed by atoms with Crippen LogP contribution < -0.4 is 0 Å². The summed E-state index contributed by atoms with van der Waals surface area (Å²) in [6.45, 7) is 2.44. The molecular formula is C8H11NO4. The van der Waals surface area contributed by atoms with Crippen molar-refractivity contribution in [3.05, 3.63) is 12.2 Å². The molecule has 0 aromatic rings. The Balaban J connectivity index is 4.12. The molecule has 0 aliphatic heterocycles. The van der Waals surface area contributed by atoms with Crippen molar-refractivity contribution in [2.24, 2.45) is 0 Å². The lowest BCUT2D eigenvalue weighted by Gasteiger charge is -2.14. The molecule has 0 bridgehead atoms. The lowest BCUT2D eigenvalue weighted by Crippen LogP contribution is -2.35. The number of nitriles is 1. The molecule has 0 saturated carbocycles. The second-order valence-electron chi connectivity index (χ2n) is 2.56. The average Bonchev–Trinajstić information content (AvgIpc) is 2.14. The molecule has 0 spiro atoms. The summed E-state index contributed by atoms with van der Waals surface area (Å²) in [5, 5.41) is 34.8. The zero-order valence-corrected chi connectivity index (χ0v) is 6.97. The van der Waals surface area contributed by atoms with Gasteiger partial charge in [-0.25, -0.2) is 0 Å². The highest BCUT2D eigenvalue weighted by Gasteiger charge is 2.23. The van der Waals surface area contributed by atoms with E-state index in [9.17, 15) is 4.79 Å². The number of hydrogen-bond donors (Lipinski definition) is 3. The van der Waals surface area contributed by atoms with E-state index < -0.39 is 24.6 Å². The molecule has 0 radical (unpaired) electrons. The van der Waals surface area contributed by atoms with Gasteiger partial charge >= 0.3 is 0 Å². The van der Waals surface area contributed by atoms with E-state index in [-0.39, 0.29) is 12.0 Å². The summed E-state index contributed by atoms with van der Waals surface area (Å²) in [6, 6.07) is 1.67. The molecule has 0 unspecified atom stereocenters. The molecule has 3 N–H and O–H groups in total. The first-order chi connectivity index (χ1) is 6.02. The Bertz CT molecular complexity index is 243. The van der Waals surface area contributed by atoms with E-state index in [4.69, 9.17) is 20.6 Å². The van der Waals surface area contributed by atoms with Crippen LogP contribution in [0.4, 0.5) is 0 Å². The molecule has 5 nitrogen and oxygen atoms in total. The van der Waals surface area contributed by atoms with Crippen molar-refractivity contribution >= 4 is 5.78 Å². The molecule has 0 aromatic heterocycles. The van der Waals surface area contributed by atoms with Crippen molar-refractivity contribution in [3.8, 4) is 6.07 Å². The summed E-state index contributed by atoms with van der Waals surface area (Å²) in [6.07, 6.45) is -3.22. The number of Topliss-reactive ketones (excluding diaryl/α,β-unsaturated/α-hetero) is 1. The third-order valence-electron chi connectivity index (χ3n) is 1.46. The molecule has 72 valence electrons. The number of carbonyl (C=O) groups excluding carboxylic acids is 1. The van der Waals surface area contributed by atoms with Crippen molar-refractivity contribution in [2.45, 2.75) is 18.6 Å². The largest absolute Gasteiger partial charge is 0.390 e. The van der Waals surface area contributed by atoms with Gasteiger partial charge in [0.1, 0.15) is 12.7 Å². The van der Waals surface area contributed by atoms with E-state index >= 15 is 0 Å². The lowest BCUT2D eigenvalue weighted by atomic mass is 10.0. The highest BCUT2D eigenvalue weighted by Crippen LogP contribution is 2.06. The van der Waals surface area contributed by atoms with Gasteiger partial charge in [0.05, 0.1) is 12.2 Å². The van der Waals surface area contributed by atoms with Crippen LogP contribution in [0.3, 0.4) is 0 Å². The van der Waals surface area contributed by atoms with E-state index in [0.717, 1.165) is 0 Å². The first kappa shape index (κ1) is 11.8. The zero-order chi connectivity index (χ0) is 10.4. The van der Waals surface area contributed by atoms with Gasteiger partial charge in [0.2, 0.25) is 0 Å². The van der Waals surface area contributed by atoms with Crippen molar-refractivity contribution < 1.29 is 20.1 Å². The summed E-state index contributed by atoms with van der Waals surface area (Å²) < 4.78 is 0. The predicted molar refractivity (Wildman–Crippen MR) is 43.5 cm³/mol. The fourth-order valence-corrected chi connectivity index (χ4v) is 0.718. The number of rotatable bonds is 5. The van der Waals surface area contributed by atoms with Crippen molar-refractivity contribution in [2.75, 3.05) is 6.61 Å². The van der Waals surface area contributed by atoms with Crippen LogP contribution in [0.5, 0.6) is 0 Å². The van der Waals surface area contributed by atoms with Gasteiger partial charge in [0.15, 0.2) is 5.78 Å². The molecule has 0 aromatic carbocycles. The fourth-order valence-electron chi connectivity index (χ4n) is 0.718. The third kappa shape index (κ3) is 3.80. The molecule has 0 amide bonds. The summed E-state index contributed by atoms with van der Waals surface area (Å²) in [7, 11) is 0. The average molecular weight is 185 g/mol. The van der Waals surface area contributed by atoms with Crippen molar-refractivity contribution in [3.63, 3.8) is 0 Å². The summed E-state index contributed by atoms with van der Waals surface area (Å²) in [5.41, 5.74) is 0.0669. The predicted octanol–water partition coefficient (Wildman–Crippen LogP) is -1.26. The highest BCUT2D eigenvalue weighted by atomic mass is 16.3. The molecular weight excluding hydrogens is 174 g/mol. The molecule has 13 heavy (non-hydrogen) atoms. The Hall–Kier alpha value is -1.22. The van der Waals surface area contributed by atoms with E-state index in [2.05, 4.69) is 6.58 Å². The summed E-state index contributed by atoms with van der Waals surface area (Å²) in [4.78, 5) is 10.7. The van der Waals surface area contributed by atoms with Crippen LogP contribution in [0.2, 0.25) is 0 Å². The lowest BCUT2D eigenvalue weighted by molar-refractivity contribution is -0.135. The maximum absolute atomic E-state index is 10.7. The molecule has 0 heterocycles. The minimum absolute atomic E-state index is 0.0669. The van der Waals surface area contributed by atoms with Crippen molar-refractivity contribution in [1.82, 2.24) is 0 Å². The van der Waals surface area contributed by atoms with Gasteiger partial charge in [-0.05, 0) is 0 Å². The van der Waals surface area contributed by atoms with Gasteiger partial charge in [-0.15, -0.1) is 0 Å². The maximum Gasteiger partial charge on any atom is 0.189 e. The van der Waals surface area contributed by atoms with Crippen LogP contribution in [0, 0.1) is 11.3 Å². The summed E-state index contributed by atoms with van der Waals surface area (Å²) >= 11 is 0. The Morgan fingerprint density at radius 3 is 2.46 bits per heavy atom. The van der Waals surface area contributed by atoms with Crippen LogP contribution in [0.15, 0.2) is 12.2 Å². The smallest absolute Gasteiger partial charge is 0.189 e. The Morgan fingerprint density at radius 1 is 1.54 bits per heavy atom. The Morgan fingerprint density at radius 2 is 2.08 bits per heavy atom. The van der Waals surface area contributed by atoms with Crippen LogP contribution in [-0.4, -0.2) is 39.9 Å². The number of ketones is 1. The van der Waals surface area contributed by atoms with E-state index in [0.29, 0.717) is 0 Å². The Kier molecular flexibility index (Phi) is 4.92. The highest BCUT2D eigenvalue weighted by molar-refractivity contribution is 5.84. The van der Waals surface area contributed by atoms with E-state index in [1.807, 2.05) is 0 Å². The second kappa shape index (κ2) is 5.43. The quantitative estimate of drug-likeness (QED) is 0.464. The molecule has 0 aliphatic carbocycles. The van der Waals surface area contributed by atoms with Crippen LogP contribution >= 0.6 is 0 Å². The minimum Gasteiger partial charge on any atom is -0.390 e. The van der Waals surface area contributed by atoms with Gasteiger partial charge in [0.25, 0.3) is 0 Å². The SMILES string of the molecule is C=C(C#N)C[C@@H](O)[C@H](O)C(=O)CO. The number of aliphatic hydroxyl groups is 3. The van der Waals surface area contributed by atoms with Gasteiger partial charge < -0.3 is 15.3 Å². The number of hydrogen-bond acceptors (Lipinski definition) is 5. The van der Waals surface area contributed by atoms with Crippen LogP contribution in [0.1, 0.15) is 6.42 Å². The standard InChI is InChI=1S/C8H11NO4/c1-5(3-9)2-6(11)8(13)7(12)4-10/h6,8,10-11,13H,1-2,4H2/t6-,8+/m1/s1. The van der Waals surface area contributed by atoms with Crippen LogP contribution in [-0.2, 0) is 4.79 Å². The number of aliphatic hydroxyl groups excluding tert-OH is 3. The van der Waals surface area contributed by atoms with Gasteiger partial charge in [0, 0.05) is 12.0 Å². The normalized spacial score (nSPS) is 14.3. The molecule has 0 fully saturated rings. The third-order valence-corrected chi connectivity index (χ3v) is 1.46. The minimum atomic E-state index is -1.66. The van der Waals surface area contributed by atoms with Gasteiger partial charge in [-0.1, -0.05) is 6.58 Å². The monoisotopic (exact) mass is 185 g/mol. The molecule has 5 heteroatoms. The van der Waals surface area contributed by atoms with E-state index in [1.165, 1.54) is 0 Å². The molecule has 0 saturated heterocycles. The Labute approximate surface area is 75.5 Å². The fraction of sp³-hybridized carbons (Fsp3) is 0.500. The van der Waals surface area contributed by atoms with Crippen LogP contribution in [0.25, 0.3) is 0 Å². The summed E-state index contributed by atoms with van der Waals surface area (Å²) in [5.74, 6) is -0.877. The zero-order valence-electron chi connectivity index (χ0n) is 6.97. The first-order valence-corrected chi connectivity index (χ1v) is 3.60. The second-order valence-corrected chi connectivity index (χ2v) is 2.56. The number of carbonyl (C=O) groups is 1. The first-order valence-electron chi connectivity index (χ1n) is 3.60. The van der Waals surface area contributed by atoms with E-state index in [1.54, 1.807) is 6.07 Å². The molecule has 2 atom stereocenters. The molecule has 0 aliphatic rings. The topological polar surface area (TPSA) is 102 Å². The van der Waals surface area contributed by atoms with Crippen molar-refractivity contribution in [1.29, 1.82) is 5.26 Å². The number of nitrogens with zero attached hydrogens (tertiary/aromatic N) is 1. The van der Waals surface area contributed by atoms with Gasteiger partial charge in [-0.3, -0.25) is 4.79 Å². The maximum atomic E-state index is 10.7. The van der Waals surface area contributed by atoms with Gasteiger partial charge in [-0.2, -0.15) is 5.26 Å². The molecule has 0 rings (SSSR count).